The van der Waals surface area contributed by atoms with Crippen LogP contribution in [0.15, 0.2) is 103 Å². The number of hydrogen-bond donors (Lipinski definition) is 1. The number of thiazole rings is 1. The standard InChI is InChI=1S/C30H20N4OS/c31-17-22(29(35)33-30-32-26-13-4-6-15-28(26)36-30)16-23-19-34(27-14-5-3-12-25(23)27)18-21-10-7-9-20-8-1-2-11-24(20)21/h1-16,19H,18H2,(H,32,33,35)/b22-16+. The summed E-state index contributed by atoms with van der Waals surface area (Å²) >= 11 is 1.38. The fraction of sp³-hybridized carbons (Fsp3) is 0.0333. The number of fused-ring (bicyclic) bond motifs is 3. The molecule has 0 spiro atoms. The van der Waals surface area contributed by atoms with Crippen molar-refractivity contribution in [2.45, 2.75) is 6.54 Å². The third-order valence-electron chi connectivity index (χ3n) is 6.22. The van der Waals surface area contributed by atoms with Crippen LogP contribution in [0.4, 0.5) is 5.13 Å². The maximum absolute atomic E-state index is 13.0. The lowest BCUT2D eigenvalue weighted by Crippen LogP contribution is -2.13. The highest BCUT2D eigenvalue weighted by molar-refractivity contribution is 7.22. The van der Waals surface area contributed by atoms with Crippen LogP contribution in [0.1, 0.15) is 11.1 Å². The first-order chi connectivity index (χ1) is 17.7. The van der Waals surface area contributed by atoms with E-state index in [1.165, 1.54) is 27.7 Å². The van der Waals surface area contributed by atoms with Crippen LogP contribution in [0.25, 0.3) is 38.0 Å². The highest BCUT2D eigenvalue weighted by Gasteiger charge is 2.15. The van der Waals surface area contributed by atoms with E-state index in [2.05, 4.69) is 63.4 Å². The molecule has 5 nitrogen and oxygen atoms in total. The molecular weight excluding hydrogens is 464 g/mol. The normalized spacial score (nSPS) is 11.7. The lowest BCUT2D eigenvalue weighted by Gasteiger charge is -2.09. The maximum atomic E-state index is 13.0. The molecule has 0 unspecified atom stereocenters. The fourth-order valence-electron chi connectivity index (χ4n) is 4.53. The maximum Gasteiger partial charge on any atom is 0.268 e. The average molecular weight is 485 g/mol. The van der Waals surface area contributed by atoms with Gasteiger partial charge in [0, 0.05) is 29.2 Å². The van der Waals surface area contributed by atoms with Crippen molar-refractivity contribution in [2.24, 2.45) is 0 Å². The number of carbonyl (C=O) groups is 1. The van der Waals surface area contributed by atoms with Gasteiger partial charge in [0.1, 0.15) is 11.6 Å². The van der Waals surface area contributed by atoms with E-state index in [0.29, 0.717) is 11.7 Å². The van der Waals surface area contributed by atoms with Crippen LogP contribution in [0.3, 0.4) is 0 Å². The van der Waals surface area contributed by atoms with E-state index < -0.39 is 5.91 Å². The van der Waals surface area contributed by atoms with E-state index in [1.807, 2.05) is 54.7 Å². The minimum Gasteiger partial charge on any atom is -0.342 e. The molecule has 2 heterocycles. The number of nitrogens with zero attached hydrogens (tertiary/aromatic N) is 3. The summed E-state index contributed by atoms with van der Waals surface area (Å²) in [5.74, 6) is -0.470. The van der Waals surface area contributed by atoms with E-state index in [4.69, 9.17) is 0 Å². The molecule has 0 bridgehead atoms. The van der Waals surface area contributed by atoms with E-state index >= 15 is 0 Å². The Hall–Kier alpha value is -4.73. The monoisotopic (exact) mass is 484 g/mol. The Morgan fingerprint density at radius 1 is 0.944 bits per heavy atom. The molecule has 4 aromatic carbocycles. The van der Waals surface area contributed by atoms with Crippen molar-refractivity contribution in [1.29, 1.82) is 5.26 Å². The summed E-state index contributed by atoms with van der Waals surface area (Å²) in [6.45, 7) is 0.676. The number of amides is 1. The zero-order valence-corrected chi connectivity index (χ0v) is 20.0. The Labute approximate surface area is 211 Å². The van der Waals surface area contributed by atoms with Crippen LogP contribution in [0, 0.1) is 11.3 Å². The zero-order valence-electron chi connectivity index (χ0n) is 19.2. The number of anilines is 1. The van der Waals surface area contributed by atoms with Gasteiger partial charge in [0.15, 0.2) is 5.13 Å². The molecule has 0 saturated heterocycles. The van der Waals surface area contributed by atoms with Gasteiger partial charge in [-0.05, 0) is 40.6 Å². The molecular formula is C30H20N4OS. The van der Waals surface area contributed by atoms with Gasteiger partial charge in [0.25, 0.3) is 5.91 Å². The van der Waals surface area contributed by atoms with Crippen molar-refractivity contribution >= 4 is 60.3 Å². The van der Waals surface area contributed by atoms with E-state index in [0.717, 1.165) is 26.7 Å². The van der Waals surface area contributed by atoms with Crippen molar-refractivity contribution in [2.75, 3.05) is 5.32 Å². The second-order valence-corrected chi connectivity index (χ2v) is 9.51. The third kappa shape index (κ3) is 4.02. The molecule has 1 N–H and O–H groups in total. The van der Waals surface area contributed by atoms with Gasteiger partial charge in [-0.1, -0.05) is 84.1 Å². The summed E-state index contributed by atoms with van der Waals surface area (Å²) in [7, 11) is 0. The van der Waals surface area contributed by atoms with Crippen molar-refractivity contribution in [1.82, 2.24) is 9.55 Å². The van der Waals surface area contributed by atoms with Crippen molar-refractivity contribution in [3.63, 3.8) is 0 Å². The Kier molecular flexibility index (Phi) is 5.53. The van der Waals surface area contributed by atoms with Crippen LogP contribution < -0.4 is 5.32 Å². The van der Waals surface area contributed by atoms with Crippen LogP contribution >= 0.6 is 11.3 Å². The Balaban J connectivity index is 1.35. The molecule has 1 amide bonds. The topological polar surface area (TPSA) is 70.7 Å². The summed E-state index contributed by atoms with van der Waals surface area (Å²) < 4.78 is 3.15. The minimum atomic E-state index is -0.470. The molecule has 6 heteroatoms. The first-order valence-corrected chi connectivity index (χ1v) is 12.3. The molecule has 0 aliphatic carbocycles. The van der Waals surface area contributed by atoms with Crippen molar-refractivity contribution < 1.29 is 4.79 Å². The first-order valence-electron chi connectivity index (χ1n) is 11.5. The fourth-order valence-corrected chi connectivity index (χ4v) is 5.39. The number of carbonyl (C=O) groups excluding carboxylic acids is 1. The number of nitriles is 1. The third-order valence-corrected chi connectivity index (χ3v) is 7.17. The molecule has 2 aromatic heterocycles. The summed E-state index contributed by atoms with van der Waals surface area (Å²) in [4.78, 5) is 17.4. The first kappa shape index (κ1) is 21.8. The van der Waals surface area contributed by atoms with Crippen LogP contribution in [0.2, 0.25) is 0 Å². The smallest absolute Gasteiger partial charge is 0.268 e. The van der Waals surface area contributed by atoms with Gasteiger partial charge in [-0.3, -0.25) is 10.1 Å². The molecule has 172 valence electrons. The Morgan fingerprint density at radius 3 is 2.56 bits per heavy atom. The molecule has 0 radical (unpaired) electrons. The van der Waals surface area contributed by atoms with Gasteiger partial charge in [-0.25, -0.2) is 4.98 Å². The predicted octanol–water partition coefficient (Wildman–Crippen LogP) is 7.00. The summed E-state index contributed by atoms with van der Waals surface area (Å²) in [5.41, 5.74) is 3.92. The molecule has 0 atom stereocenters. The molecule has 6 rings (SSSR count). The van der Waals surface area contributed by atoms with Crippen molar-refractivity contribution in [3.8, 4) is 6.07 Å². The molecule has 0 fully saturated rings. The van der Waals surface area contributed by atoms with Gasteiger partial charge in [0.05, 0.1) is 10.2 Å². The van der Waals surface area contributed by atoms with Gasteiger partial charge in [-0.2, -0.15) is 5.26 Å². The average Bonchev–Trinajstić information content (AvgIpc) is 3.48. The van der Waals surface area contributed by atoms with E-state index in [9.17, 15) is 10.1 Å². The lowest BCUT2D eigenvalue weighted by atomic mass is 10.0. The summed E-state index contributed by atoms with van der Waals surface area (Å²) in [6, 6.07) is 32.5. The zero-order chi connectivity index (χ0) is 24.5. The number of aromatic nitrogens is 2. The second kappa shape index (κ2) is 9.14. The molecule has 0 aliphatic rings. The highest BCUT2D eigenvalue weighted by atomic mass is 32.1. The van der Waals surface area contributed by atoms with Crippen LogP contribution in [-0.4, -0.2) is 15.5 Å². The van der Waals surface area contributed by atoms with Gasteiger partial charge in [-0.15, -0.1) is 0 Å². The van der Waals surface area contributed by atoms with Crippen molar-refractivity contribution in [3.05, 3.63) is 114 Å². The van der Waals surface area contributed by atoms with Crippen LogP contribution in [-0.2, 0) is 11.3 Å². The quantitative estimate of drug-likeness (QED) is 0.212. The molecule has 36 heavy (non-hydrogen) atoms. The second-order valence-electron chi connectivity index (χ2n) is 8.48. The minimum absolute atomic E-state index is 0.0299. The summed E-state index contributed by atoms with van der Waals surface area (Å²) in [5, 5.41) is 16.5. The number of hydrogen-bond acceptors (Lipinski definition) is 4. The lowest BCUT2D eigenvalue weighted by molar-refractivity contribution is -0.112. The largest absolute Gasteiger partial charge is 0.342 e. The number of rotatable bonds is 5. The summed E-state index contributed by atoms with van der Waals surface area (Å²) in [6.07, 6.45) is 3.67. The molecule has 0 saturated carbocycles. The van der Waals surface area contributed by atoms with E-state index in [-0.39, 0.29) is 5.57 Å². The predicted molar refractivity (Wildman–Crippen MR) is 147 cm³/mol. The SMILES string of the molecule is N#C/C(=C\c1cn(Cc2cccc3ccccc23)c2ccccc12)C(=O)Nc1nc2ccccc2s1. The highest BCUT2D eigenvalue weighted by Crippen LogP contribution is 2.28. The van der Waals surface area contributed by atoms with E-state index in [1.54, 1.807) is 6.08 Å². The number of para-hydroxylation sites is 2. The van der Waals surface area contributed by atoms with Gasteiger partial charge >= 0.3 is 0 Å². The van der Waals surface area contributed by atoms with Gasteiger partial charge in [0.2, 0.25) is 0 Å². The molecule has 6 aromatic rings. The Morgan fingerprint density at radius 2 is 1.69 bits per heavy atom. The van der Waals surface area contributed by atoms with Gasteiger partial charge < -0.3 is 4.57 Å². The number of benzene rings is 4. The Bertz CT molecular complexity index is 1800. The number of nitrogens with one attached hydrogen (secondary N) is 1. The van der Waals surface area contributed by atoms with Crippen LogP contribution in [0.5, 0.6) is 0 Å². The molecule has 0 aliphatic heterocycles.